The van der Waals surface area contributed by atoms with Crippen LogP contribution in [0.15, 0.2) is 52.4 Å². The maximum atomic E-state index is 12.8. The van der Waals surface area contributed by atoms with Crippen molar-refractivity contribution in [2.75, 3.05) is 0 Å². The summed E-state index contributed by atoms with van der Waals surface area (Å²) >= 11 is 1.42. The smallest absolute Gasteiger partial charge is 0.325 e. The number of aromatic nitrogens is 2. The largest absolute Gasteiger partial charge is 0.334 e. The minimum Gasteiger partial charge on any atom is -0.334 e. The molecule has 0 aliphatic carbocycles. The maximum Gasteiger partial charge on any atom is 0.325 e. The molecule has 1 aromatic carbocycles. The number of urea groups is 1. The molecule has 1 saturated heterocycles. The van der Waals surface area contributed by atoms with Crippen molar-refractivity contribution in [2.45, 2.75) is 19.0 Å². The number of carbonyl (C=O) groups excluding carboxylic acids is 2. The average Bonchev–Trinajstić information content (AvgIpc) is 3.34. The first-order valence-corrected chi connectivity index (χ1v) is 8.52. The fourth-order valence-electron chi connectivity index (χ4n) is 2.73. The molecule has 0 radical (unpaired) electrons. The summed E-state index contributed by atoms with van der Waals surface area (Å²) in [6, 6.07) is 12.5. The van der Waals surface area contributed by atoms with Crippen LogP contribution in [0.1, 0.15) is 17.6 Å². The quantitative estimate of drug-likeness (QED) is 0.728. The van der Waals surface area contributed by atoms with Crippen LogP contribution in [-0.4, -0.2) is 27.0 Å². The fraction of sp³-hybridized carbons (Fsp3) is 0.176. The van der Waals surface area contributed by atoms with Crippen LogP contribution in [0, 0.1) is 0 Å². The van der Waals surface area contributed by atoms with E-state index in [-0.39, 0.29) is 18.3 Å². The number of thiophene rings is 1. The van der Waals surface area contributed by atoms with E-state index >= 15 is 0 Å². The molecular formula is C17H14N4O3S. The highest BCUT2D eigenvalue weighted by Gasteiger charge is 2.49. The first-order valence-electron chi connectivity index (χ1n) is 7.64. The van der Waals surface area contributed by atoms with E-state index < -0.39 is 11.6 Å². The first kappa shape index (κ1) is 15.5. The van der Waals surface area contributed by atoms with Crippen molar-refractivity contribution in [1.82, 2.24) is 20.4 Å². The Bertz CT molecular complexity index is 923. The van der Waals surface area contributed by atoms with Crippen LogP contribution in [0.4, 0.5) is 4.79 Å². The molecule has 7 nitrogen and oxygen atoms in total. The summed E-state index contributed by atoms with van der Waals surface area (Å²) in [7, 11) is 0. The van der Waals surface area contributed by atoms with Gasteiger partial charge in [-0.05, 0) is 30.5 Å². The third-order valence-corrected chi connectivity index (χ3v) is 5.17. The van der Waals surface area contributed by atoms with E-state index in [2.05, 4.69) is 15.5 Å². The number of amides is 3. The zero-order valence-electron chi connectivity index (χ0n) is 13.3. The summed E-state index contributed by atoms with van der Waals surface area (Å²) < 4.78 is 5.23. The van der Waals surface area contributed by atoms with Gasteiger partial charge >= 0.3 is 6.03 Å². The van der Waals surface area contributed by atoms with Gasteiger partial charge < -0.3 is 9.84 Å². The van der Waals surface area contributed by atoms with Crippen LogP contribution in [0.2, 0.25) is 0 Å². The highest BCUT2D eigenvalue weighted by Crippen LogP contribution is 2.32. The Labute approximate surface area is 147 Å². The fourth-order valence-corrected chi connectivity index (χ4v) is 3.56. The van der Waals surface area contributed by atoms with Gasteiger partial charge in [-0.1, -0.05) is 29.4 Å². The van der Waals surface area contributed by atoms with Crippen LogP contribution in [0.5, 0.6) is 0 Å². The zero-order valence-corrected chi connectivity index (χ0v) is 14.1. The summed E-state index contributed by atoms with van der Waals surface area (Å²) in [4.78, 5) is 31.2. The van der Waals surface area contributed by atoms with E-state index in [1.165, 1.54) is 11.3 Å². The molecule has 3 heterocycles. The van der Waals surface area contributed by atoms with Crippen molar-refractivity contribution in [3.63, 3.8) is 0 Å². The standard InChI is InChI=1S/C17H14N4O3S/c1-17(12-8-5-9-25-12)15(22)21(16(23)19-17)10-13-18-14(24-20-13)11-6-3-2-4-7-11/h2-9H,10H2,1H3,(H,19,23). The highest BCUT2D eigenvalue weighted by atomic mass is 32.1. The number of hydrogen-bond acceptors (Lipinski definition) is 6. The molecule has 0 saturated carbocycles. The summed E-state index contributed by atoms with van der Waals surface area (Å²) in [6.45, 7) is 1.66. The van der Waals surface area contributed by atoms with Gasteiger partial charge in [-0.2, -0.15) is 4.98 Å². The van der Waals surface area contributed by atoms with Gasteiger partial charge in [-0.3, -0.25) is 9.69 Å². The predicted molar refractivity (Wildman–Crippen MR) is 90.5 cm³/mol. The second-order valence-corrected chi connectivity index (χ2v) is 6.75. The summed E-state index contributed by atoms with van der Waals surface area (Å²) in [5, 5.41) is 8.50. The lowest BCUT2D eigenvalue weighted by Crippen LogP contribution is -2.40. The van der Waals surface area contributed by atoms with Crippen LogP contribution >= 0.6 is 11.3 Å². The molecule has 1 aliphatic rings. The molecule has 1 unspecified atom stereocenters. The third kappa shape index (κ3) is 2.60. The number of rotatable bonds is 4. The monoisotopic (exact) mass is 354 g/mol. The number of imide groups is 1. The molecule has 1 fully saturated rings. The molecule has 25 heavy (non-hydrogen) atoms. The van der Waals surface area contributed by atoms with Gasteiger partial charge in [-0.25, -0.2) is 4.79 Å². The van der Waals surface area contributed by atoms with E-state index in [1.54, 1.807) is 6.92 Å². The number of carbonyl (C=O) groups is 2. The lowest BCUT2D eigenvalue weighted by molar-refractivity contribution is -0.131. The zero-order chi connectivity index (χ0) is 17.4. The molecule has 126 valence electrons. The highest BCUT2D eigenvalue weighted by molar-refractivity contribution is 7.10. The maximum absolute atomic E-state index is 12.8. The molecule has 0 spiro atoms. The summed E-state index contributed by atoms with van der Waals surface area (Å²) in [6.07, 6.45) is 0. The lowest BCUT2D eigenvalue weighted by Gasteiger charge is -2.19. The number of benzene rings is 1. The minimum atomic E-state index is -1.06. The Morgan fingerprint density at radius 1 is 1.20 bits per heavy atom. The molecule has 1 atom stereocenters. The first-order chi connectivity index (χ1) is 12.1. The molecule has 2 aromatic heterocycles. The van der Waals surface area contributed by atoms with Crippen LogP contribution in [-0.2, 0) is 16.9 Å². The van der Waals surface area contributed by atoms with Gasteiger partial charge in [0.15, 0.2) is 11.4 Å². The Hall–Kier alpha value is -3.00. The van der Waals surface area contributed by atoms with Crippen molar-refractivity contribution in [3.8, 4) is 11.5 Å². The van der Waals surface area contributed by atoms with Crippen molar-refractivity contribution in [2.24, 2.45) is 0 Å². The summed E-state index contributed by atoms with van der Waals surface area (Å²) in [5.74, 6) is 0.299. The van der Waals surface area contributed by atoms with Gasteiger partial charge in [0, 0.05) is 10.4 Å². The molecule has 3 aromatic rings. The van der Waals surface area contributed by atoms with E-state index in [4.69, 9.17) is 4.52 Å². The molecular weight excluding hydrogens is 340 g/mol. The van der Waals surface area contributed by atoms with Crippen molar-refractivity contribution in [3.05, 3.63) is 58.5 Å². The Kier molecular flexibility index (Phi) is 3.61. The van der Waals surface area contributed by atoms with Crippen LogP contribution < -0.4 is 5.32 Å². The van der Waals surface area contributed by atoms with Gasteiger partial charge in [0.2, 0.25) is 0 Å². The molecule has 3 amide bonds. The van der Waals surface area contributed by atoms with Crippen molar-refractivity contribution in [1.29, 1.82) is 0 Å². The second-order valence-electron chi connectivity index (χ2n) is 5.81. The van der Waals surface area contributed by atoms with Gasteiger partial charge in [-0.15, -0.1) is 11.3 Å². The number of nitrogens with zero attached hydrogens (tertiary/aromatic N) is 3. The normalized spacial score (nSPS) is 20.1. The minimum absolute atomic E-state index is 0.0397. The average molecular weight is 354 g/mol. The lowest BCUT2D eigenvalue weighted by atomic mass is 10.0. The van der Waals surface area contributed by atoms with Crippen molar-refractivity contribution >= 4 is 23.3 Å². The van der Waals surface area contributed by atoms with Gasteiger partial charge in [0.1, 0.15) is 0 Å². The van der Waals surface area contributed by atoms with Gasteiger partial charge in [0.25, 0.3) is 11.8 Å². The van der Waals surface area contributed by atoms with Crippen molar-refractivity contribution < 1.29 is 14.1 Å². The van der Waals surface area contributed by atoms with Crippen LogP contribution in [0.25, 0.3) is 11.5 Å². The third-order valence-electron chi connectivity index (χ3n) is 4.08. The Morgan fingerprint density at radius 2 is 2.00 bits per heavy atom. The predicted octanol–water partition coefficient (Wildman–Crippen LogP) is 2.77. The SMILES string of the molecule is CC1(c2cccs2)NC(=O)N(Cc2noc(-c3ccccc3)n2)C1=O. The summed E-state index contributed by atoms with van der Waals surface area (Å²) in [5.41, 5.74) is -0.279. The molecule has 4 rings (SSSR count). The second kappa shape index (κ2) is 5.82. The Morgan fingerprint density at radius 3 is 2.72 bits per heavy atom. The topological polar surface area (TPSA) is 88.3 Å². The number of hydrogen-bond donors (Lipinski definition) is 1. The van der Waals surface area contributed by atoms with Gasteiger partial charge in [0.05, 0.1) is 6.54 Å². The molecule has 0 bridgehead atoms. The van der Waals surface area contributed by atoms with E-state index in [0.717, 1.165) is 15.3 Å². The Balaban J connectivity index is 1.56. The number of nitrogens with one attached hydrogen (secondary N) is 1. The molecule has 1 N–H and O–H groups in total. The van der Waals surface area contributed by atoms with Crippen LogP contribution in [0.3, 0.4) is 0 Å². The van der Waals surface area contributed by atoms with E-state index in [1.807, 2.05) is 47.8 Å². The van der Waals surface area contributed by atoms with E-state index in [9.17, 15) is 9.59 Å². The van der Waals surface area contributed by atoms with E-state index in [0.29, 0.717) is 5.89 Å². The molecule has 8 heteroatoms. The molecule has 1 aliphatic heterocycles.